The third-order valence-electron chi connectivity index (χ3n) is 5.69. The Bertz CT molecular complexity index is 1080. The van der Waals surface area contributed by atoms with Crippen LogP contribution in [-0.2, 0) is 15.1 Å². The summed E-state index contributed by atoms with van der Waals surface area (Å²) in [5.41, 5.74) is -1.02. The monoisotopic (exact) mass is 478 g/mol. The van der Waals surface area contributed by atoms with Gasteiger partial charge in [-0.1, -0.05) is 29.3 Å². The first-order valence-electron chi connectivity index (χ1n) is 9.91. The number of nitrogens with zero attached hydrogens (tertiary/aromatic N) is 3. The van der Waals surface area contributed by atoms with Gasteiger partial charge in [0.2, 0.25) is 5.91 Å². The van der Waals surface area contributed by atoms with Gasteiger partial charge in [-0.25, -0.2) is 4.79 Å². The Morgan fingerprint density at radius 2 is 1.78 bits per heavy atom. The molecule has 9 nitrogen and oxygen atoms in total. The predicted octanol–water partition coefficient (Wildman–Crippen LogP) is 2.34. The summed E-state index contributed by atoms with van der Waals surface area (Å²) in [5, 5.41) is 3.26. The Hall–Kier alpha value is -3.04. The molecule has 168 valence electrons. The molecule has 3 heterocycles. The number of benzene rings is 1. The summed E-state index contributed by atoms with van der Waals surface area (Å²) >= 11 is 12.2. The maximum absolute atomic E-state index is 13.1. The number of piperazine rings is 1. The van der Waals surface area contributed by atoms with Crippen LogP contribution in [0.25, 0.3) is 0 Å². The lowest BCUT2D eigenvalue weighted by Gasteiger charge is -2.34. The van der Waals surface area contributed by atoms with E-state index in [1.54, 1.807) is 29.2 Å². The molecule has 5 amide bonds. The average Bonchev–Trinajstić information content (AvgIpc) is 3.37. The molecule has 0 saturated carbocycles. The standard InChI is InChI=1S/C21H20Cl2N4O5/c1-21(14-5-4-13(22)11-15(14)23)19(30)27(20(31)24-21)12-17(28)25-6-8-26(9-7-25)18(29)16-3-2-10-32-16/h2-5,10-11H,6-9,12H2,1H3,(H,24,31)/t21-/m1/s1. The zero-order valence-electron chi connectivity index (χ0n) is 17.1. The number of nitrogens with one attached hydrogen (secondary N) is 1. The van der Waals surface area contributed by atoms with Crippen LogP contribution in [0.5, 0.6) is 0 Å². The van der Waals surface area contributed by atoms with Gasteiger partial charge in [0.15, 0.2) is 5.76 Å². The van der Waals surface area contributed by atoms with E-state index in [2.05, 4.69) is 5.32 Å². The lowest BCUT2D eigenvalue weighted by Crippen LogP contribution is -2.53. The SMILES string of the molecule is C[C@]1(c2ccc(Cl)cc2Cl)NC(=O)N(CC(=O)N2CCN(C(=O)c3ccco3)CC2)C1=O. The summed E-state index contributed by atoms with van der Waals surface area (Å²) in [4.78, 5) is 54.8. The molecule has 2 aliphatic rings. The largest absolute Gasteiger partial charge is 0.459 e. The van der Waals surface area contributed by atoms with E-state index >= 15 is 0 Å². The molecule has 2 aliphatic heterocycles. The minimum atomic E-state index is -1.41. The molecular formula is C21H20Cl2N4O5. The van der Waals surface area contributed by atoms with Crippen molar-refractivity contribution in [3.05, 3.63) is 58.0 Å². The maximum atomic E-state index is 13.1. The van der Waals surface area contributed by atoms with E-state index in [9.17, 15) is 19.2 Å². The van der Waals surface area contributed by atoms with E-state index in [1.165, 1.54) is 24.2 Å². The Kier molecular flexibility index (Phi) is 5.87. The lowest BCUT2D eigenvalue weighted by atomic mass is 9.92. The molecule has 0 aliphatic carbocycles. The summed E-state index contributed by atoms with van der Waals surface area (Å²) in [6.07, 6.45) is 1.43. The fraction of sp³-hybridized carbons (Fsp3) is 0.333. The number of furan rings is 1. The summed E-state index contributed by atoms with van der Waals surface area (Å²) in [6, 6.07) is 7.18. The van der Waals surface area contributed by atoms with Crippen LogP contribution in [0.4, 0.5) is 4.79 Å². The lowest BCUT2D eigenvalue weighted by molar-refractivity contribution is -0.139. The zero-order valence-corrected chi connectivity index (χ0v) is 18.7. The Morgan fingerprint density at radius 3 is 2.41 bits per heavy atom. The first kappa shape index (κ1) is 22.2. The van der Waals surface area contributed by atoms with Crippen LogP contribution in [0.2, 0.25) is 10.0 Å². The van der Waals surface area contributed by atoms with Crippen LogP contribution in [0.3, 0.4) is 0 Å². The molecule has 1 N–H and O–H groups in total. The van der Waals surface area contributed by atoms with Crippen molar-refractivity contribution in [2.45, 2.75) is 12.5 Å². The van der Waals surface area contributed by atoms with Crippen LogP contribution in [0.1, 0.15) is 23.0 Å². The van der Waals surface area contributed by atoms with Gasteiger partial charge >= 0.3 is 6.03 Å². The predicted molar refractivity (Wildman–Crippen MR) is 115 cm³/mol. The maximum Gasteiger partial charge on any atom is 0.325 e. The van der Waals surface area contributed by atoms with Gasteiger partial charge in [-0.15, -0.1) is 0 Å². The minimum absolute atomic E-state index is 0.235. The minimum Gasteiger partial charge on any atom is -0.459 e. The van der Waals surface area contributed by atoms with Crippen molar-refractivity contribution in [1.29, 1.82) is 0 Å². The van der Waals surface area contributed by atoms with Gasteiger partial charge in [-0.3, -0.25) is 19.3 Å². The van der Waals surface area contributed by atoms with E-state index in [-0.39, 0.29) is 35.7 Å². The number of carbonyl (C=O) groups excluding carboxylic acids is 4. The van der Waals surface area contributed by atoms with Gasteiger partial charge in [0.25, 0.3) is 11.8 Å². The molecule has 1 aromatic carbocycles. The molecule has 0 bridgehead atoms. The van der Waals surface area contributed by atoms with E-state index in [1.807, 2.05) is 0 Å². The second-order valence-corrected chi connectivity index (χ2v) is 8.56. The van der Waals surface area contributed by atoms with Crippen LogP contribution >= 0.6 is 23.2 Å². The number of hydrogen-bond donors (Lipinski definition) is 1. The van der Waals surface area contributed by atoms with Crippen molar-refractivity contribution in [1.82, 2.24) is 20.0 Å². The Morgan fingerprint density at radius 1 is 1.09 bits per heavy atom. The number of halogens is 2. The van der Waals surface area contributed by atoms with Crippen molar-refractivity contribution in [3.63, 3.8) is 0 Å². The van der Waals surface area contributed by atoms with Gasteiger partial charge in [-0.05, 0) is 31.2 Å². The molecule has 2 fully saturated rings. The fourth-order valence-electron chi connectivity index (χ4n) is 3.87. The van der Waals surface area contributed by atoms with Crippen molar-refractivity contribution < 1.29 is 23.6 Å². The van der Waals surface area contributed by atoms with Crippen molar-refractivity contribution in [3.8, 4) is 0 Å². The van der Waals surface area contributed by atoms with Gasteiger partial charge in [-0.2, -0.15) is 0 Å². The summed E-state index contributed by atoms with van der Waals surface area (Å²) < 4.78 is 5.13. The van der Waals surface area contributed by atoms with E-state index in [0.29, 0.717) is 23.7 Å². The Labute approximate surface area is 193 Å². The molecular weight excluding hydrogens is 459 g/mol. The zero-order chi connectivity index (χ0) is 23.0. The smallest absolute Gasteiger partial charge is 0.325 e. The van der Waals surface area contributed by atoms with Crippen LogP contribution < -0.4 is 5.32 Å². The highest BCUT2D eigenvalue weighted by molar-refractivity contribution is 6.35. The van der Waals surface area contributed by atoms with Crippen molar-refractivity contribution in [2.24, 2.45) is 0 Å². The molecule has 11 heteroatoms. The third kappa shape index (κ3) is 3.93. The van der Waals surface area contributed by atoms with Gasteiger partial charge < -0.3 is 19.5 Å². The molecule has 2 saturated heterocycles. The van der Waals surface area contributed by atoms with Gasteiger partial charge in [0.05, 0.1) is 6.26 Å². The number of amides is 5. The molecule has 32 heavy (non-hydrogen) atoms. The first-order valence-corrected chi connectivity index (χ1v) is 10.7. The molecule has 0 spiro atoms. The molecule has 1 atom stereocenters. The second-order valence-electron chi connectivity index (χ2n) is 7.72. The molecule has 0 unspecified atom stereocenters. The van der Waals surface area contributed by atoms with E-state index in [4.69, 9.17) is 27.6 Å². The quantitative estimate of drug-likeness (QED) is 0.679. The molecule has 2 aromatic rings. The van der Waals surface area contributed by atoms with Crippen LogP contribution in [0.15, 0.2) is 41.0 Å². The molecule has 0 radical (unpaired) electrons. The van der Waals surface area contributed by atoms with Gasteiger partial charge in [0.1, 0.15) is 12.1 Å². The summed E-state index contributed by atoms with van der Waals surface area (Å²) in [7, 11) is 0. The highest BCUT2D eigenvalue weighted by Gasteiger charge is 2.50. The molecule has 4 rings (SSSR count). The van der Waals surface area contributed by atoms with E-state index < -0.39 is 24.0 Å². The normalized spacial score (nSPS) is 21.2. The third-order valence-corrected chi connectivity index (χ3v) is 6.24. The second kappa shape index (κ2) is 8.48. The first-order chi connectivity index (χ1) is 15.2. The number of rotatable bonds is 4. The van der Waals surface area contributed by atoms with Crippen LogP contribution in [-0.4, -0.2) is 71.2 Å². The van der Waals surface area contributed by atoms with Crippen molar-refractivity contribution in [2.75, 3.05) is 32.7 Å². The highest BCUT2D eigenvalue weighted by atomic mass is 35.5. The molecule has 1 aromatic heterocycles. The average molecular weight is 479 g/mol. The van der Waals surface area contributed by atoms with Crippen molar-refractivity contribution >= 4 is 47.0 Å². The number of hydrogen-bond acceptors (Lipinski definition) is 5. The number of imide groups is 1. The fourth-order valence-corrected chi connectivity index (χ4v) is 4.47. The Balaban J connectivity index is 1.40. The topological polar surface area (TPSA) is 103 Å². The highest BCUT2D eigenvalue weighted by Crippen LogP contribution is 2.35. The van der Waals surface area contributed by atoms with E-state index in [0.717, 1.165) is 4.90 Å². The summed E-state index contributed by atoms with van der Waals surface area (Å²) in [6.45, 7) is 2.35. The number of carbonyl (C=O) groups is 4. The van der Waals surface area contributed by atoms with Crippen LogP contribution in [0, 0.1) is 0 Å². The van der Waals surface area contributed by atoms with Gasteiger partial charge in [0, 0.05) is 41.8 Å². The summed E-state index contributed by atoms with van der Waals surface area (Å²) in [5.74, 6) is -0.965. The number of urea groups is 1.